The molecule has 0 aliphatic carbocycles. The zero-order valence-electron chi connectivity index (χ0n) is 6.42. The van der Waals surface area contributed by atoms with Crippen molar-refractivity contribution in [3.63, 3.8) is 0 Å². The predicted molar refractivity (Wildman–Crippen MR) is 84.2 cm³/mol. The van der Waals surface area contributed by atoms with Crippen LogP contribution in [0.15, 0.2) is 0 Å². The molecule has 0 radical (unpaired) electrons. The zero-order chi connectivity index (χ0) is 7.71. The molecule has 0 saturated carbocycles. The van der Waals surface area contributed by atoms with Gasteiger partial charge in [-0.3, -0.25) is 0 Å². The van der Waals surface area contributed by atoms with Gasteiger partial charge in [0, 0.05) is 0 Å². The molecule has 0 spiro atoms. The Bertz CT molecular complexity index is 157. The molecule has 0 fully saturated rings. The Labute approximate surface area is 101 Å². The van der Waals surface area contributed by atoms with Crippen LogP contribution >= 0.6 is 14.3 Å². The van der Waals surface area contributed by atoms with Crippen LogP contribution < -0.4 is 0 Å². The second-order valence-electron chi connectivity index (χ2n) is 3.29. The minimum atomic E-state index is -2.05. The van der Waals surface area contributed by atoms with Crippen LogP contribution in [-0.2, 0) is 9.13 Å². The molecule has 0 heterocycles. The first-order valence-corrected chi connectivity index (χ1v) is 8.36. The van der Waals surface area contributed by atoms with Gasteiger partial charge in [0.05, 0.1) is 20.2 Å². The summed E-state index contributed by atoms with van der Waals surface area (Å²) in [4.78, 5) is 0. The molecule has 0 rings (SSSR count). The fourth-order valence-corrected chi connectivity index (χ4v) is 7.38. The summed E-state index contributed by atoms with van der Waals surface area (Å²) in [6.45, 7) is 6.69. The van der Waals surface area contributed by atoms with E-state index in [1.807, 2.05) is 0 Å². The molecule has 0 unspecified atom stereocenters. The third-order valence-electron chi connectivity index (χ3n) is 0.681. The maximum Gasteiger partial charge on any atom is 0.0889 e. The van der Waals surface area contributed by atoms with Gasteiger partial charge in [-0.25, -0.2) is 0 Å². The van der Waals surface area contributed by atoms with Gasteiger partial charge in [0.1, 0.15) is 0 Å². The van der Waals surface area contributed by atoms with Gasteiger partial charge >= 0.3 is 0 Å². The highest BCUT2D eigenvalue weighted by atomic mass is 31.2. The second kappa shape index (κ2) is 14.5. The minimum Gasteiger partial charge on any atom is -0.324 e. The van der Waals surface area contributed by atoms with Crippen LogP contribution in [0.25, 0.3) is 0 Å². The predicted octanol–water partition coefficient (Wildman–Crippen LogP) is 6.01. The summed E-state index contributed by atoms with van der Waals surface area (Å²) < 4.78 is 22.1. The molecule has 0 saturated heterocycles. The third-order valence-corrected chi connectivity index (χ3v) is 6.13. The lowest BCUT2D eigenvalue weighted by atomic mass is 11.8. The van der Waals surface area contributed by atoms with E-state index in [0.717, 1.165) is 0 Å². The highest BCUT2D eigenvalue weighted by Crippen LogP contribution is 2.52. The van der Waals surface area contributed by atoms with Crippen molar-refractivity contribution in [3.05, 3.63) is 0 Å². The summed E-state index contributed by atoms with van der Waals surface area (Å²) >= 11 is 0. The molecule has 0 bridgehead atoms. The summed E-state index contributed by atoms with van der Waals surface area (Å²) in [5.74, 6) is 0.403. The van der Waals surface area contributed by atoms with Crippen molar-refractivity contribution < 1.29 is 9.13 Å². The van der Waals surface area contributed by atoms with Gasteiger partial charge in [0.15, 0.2) is 0 Å². The Morgan fingerprint density at radius 3 is 0.733 bits per heavy atom. The lowest BCUT2D eigenvalue weighted by Gasteiger charge is -2.09. The van der Waals surface area contributed by atoms with E-state index in [2.05, 4.69) is 0 Å². The zero-order valence-corrected chi connectivity index (χ0v) is 8.21. The summed E-state index contributed by atoms with van der Waals surface area (Å²) in [7, 11) is -4.10. The monoisotopic (exact) mass is 264 g/mol. The van der Waals surface area contributed by atoms with Gasteiger partial charge in [-0.15, -0.1) is 0 Å². The summed E-state index contributed by atoms with van der Waals surface area (Å²) in [6, 6.07) is 0. The van der Waals surface area contributed by atoms with E-state index >= 15 is 0 Å². The average Bonchev–Trinajstić information content (AvgIpc) is 1.14. The Hall–Kier alpha value is 0.460. The van der Waals surface area contributed by atoms with Gasteiger partial charge in [0.25, 0.3) is 0 Å². The molecule has 0 aromatic heterocycles. The number of hydrogen-bond acceptors (Lipinski definition) is 2. The summed E-state index contributed by atoms with van der Waals surface area (Å²) in [6.07, 6.45) is 0. The van der Waals surface area contributed by atoms with E-state index in [-0.39, 0.29) is 44.6 Å². The fraction of sp³-hybridized carbons (Fsp3) is 1.00. The Balaban J connectivity index is -0.0000000213. The SMILES string of the molecule is C.C.C.C.C.C.CP(C)(=O)CP(C)(C)=O. The molecular weight excluding hydrogens is 226 g/mol. The van der Waals surface area contributed by atoms with E-state index in [9.17, 15) is 9.13 Å². The largest absolute Gasteiger partial charge is 0.324 e. The average molecular weight is 264 g/mol. The van der Waals surface area contributed by atoms with Crippen LogP contribution in [-0.4, -0.2) is 32.6 Å². The Morgan fingerprint density at radius 2 is 0.733 bits per heavy atom. The van der Waals surface area contributed by atoms with E-state index in [0.29, 0.717) is 5.90 Å². The highest BCUT2D eigenvalue weighted by Gasteiger charge is 2.16. The smallest absolute Gasteiger partial charge is 0.0889 e. The molecule has 0 N–H and O–H groups in total. The van der Waals surface area contributed by atoms with Crippen LogP contribution in [0.5, 0.6) is 0 Å². The quantitative estimate of drug-likeness (QED) is 0.573. The van der Waals surface area contributed by atoms with Crippen molar-refractivity contribution in [1.29, 1.82) is 0 Å². The normalized spacial score (nSPS) is 8.27. The molecule has 0 aliphatic rings. The van der Waals surface area contributed by atoms with Gasteiger partial charge < -0.3 is 9.13 Å². The maximum atomic E-state index is 11.1. The molecule has 0 amide bonds. The van der Waals surface area contributed by atoms with Crippen molar-refractivity contribution >= 4 is 14.3 Å². The van der Waals surface area contributed by atoms with Crippen molar-refractivity contribution in [3.8, 4) is 0 Å². The van der Waals surface area contributed by atoms with E-state index in [4.69, 9.17) is 0 Å². The molecular formula is C11H38O2P2. The van der Waals surface area contributed by atoms with Crippen LogP contribution in [0.4, 0.5) is 0 Å². The van der Waals surface area contributed by atoms with Crippen molar-refractivity contribution in [2.45, 2.75) is 44.6 Å². The molecule has 15 heavy (non-hydrogen) atoms. The van der Waals surface area contributed by atoms with Crippen LogP contribution in [0.2, 0.25) is 0 Å². The number of hydrogen-bond donors (Lipinski definition) is 0. The highest BCUT2D eigenvalue weighted by molar-refractivity contribution is 7.79. The Morgan fingerprint density at radius 1 is 0.600 bits per heavy atom. The first-order chi connectivity index (χ1) is 3.71. The molecule has 4 heteroatoms. The molecule has 0 aromatic rings. The topological polar surface area (TPSA) is 34.1 Å². The van der Waals surface area contributed by atoms with Crippen molar-refractivity contribution in [1.82, 2.24) is 0 Å². The van der Waals surface area contributed by atoms with Crippen LogP contribution in [0.1, 0.15) is 44.6 Å². The first-order valence-electron chi connectivity index (χ1n) is 2.79. The van der Waals surface area contributed by atoms with Gasteiger partial charge in [0.2, 0.25) is 0 Å². The Kier molecular flexibility index (Phi) is 43.5. The summed E-state index contributed by atoms with van der Waals surface area (Å²) in [5, 5.41) is 0. The fourth-order valence-electron chi connectivity index (χ4n) is 0.820. The van der Waals surface area contributed by atoms with Gasteiger partial charge in [-0.2, -0.15) is 0 Å². The second-order valence-corrected chi connectivity index (χ2v) is 10.7. The third kappa shape index (κ3) is 53.8. The lowest BCUT2D eigenvalue weighted by molar-refractivity contribution is 0.577. The van der Waals surface area contributed by atoms with E-state index < -0.39 is 14.3 Å². The van der Waals surface area contributed by atoms with E-state index in [1.165, 1.54) is 0 Å². The van der Waals surface area contributed by atoms with Crippen molar-refractivity contribution in [2.24, 2.45) is 0 Å². The molecule has 0 aliphatic heterocycles. The van der Waals surface area contributed by atoms with Crippen molar-refractivity contribution in [2.75, 3.05) is 32.6 Å². The first kappa shape index (κ1) is 45.2. The maximum absolute atomic E-state index is 11.1. The molecule has 0 atom stereocenters. The standard InChI is InChI=1S/C5H14O2P2.6CH4/c1-8(2,6)5-9(3,4)7;;;;;;/h5H2,1-4H3;6*1H4. The van der Waals surface area contributed by atoms with E-state index in [1.54, 1.807) is 26.7 Å². The number of rotatable bonds is 2. The van der Waals surface area contributed by atoms with Gasteiger partial charge in [-0.1, -0.05) is 44.6 Å². The molecule has 104 valence electrons. The minimum absolute atomic E-state index is 0. The van der Waals surface area contributed by atoms with Crippen LogP contribution in [0, 0.1) is 0 Å². The summed E-state index contributed by atoms with van der Waals surface area (Å²) in [5.41, 5.74) is 0. The van der Waals surface area contributed by atoms with Gasteiger partial charge in [-0.05, 0) is 26.7 Å². The van der Waals surface area contributed by atoms with Crippen LogP contribution in [0.3, 0.4) is 0 Å². The molecule has 2 nitrogen and oxygen atoms in total. The molecule has 0 aromatic carbocycles. The lowest BCUT2D eigenvalue weighted by Crippen LogP contribution is -1.85.